The number of likely N-dealkylation sites (tertiary alicyclic amines) is 1. The molecule has 1 aliphatic rings. The fourth-order valence-corrected chi connectivity index (χ4v) is 3.67. The van der Waals surface area contributed by atoms with Gasteiger partial charge in [0.15, 0.2) is 5.11 Å². The summed E-state index contributed by atoms with van der Waals surface area (Å²) in [5.41, 5.74) is 2.06. The van der Waals surface area contributed by atoms with Gasteiger partial charge in [0.25, 0.3) is 0 Å². The number of benzene rings is 2. The molecular formula is C21H25FN2OS. The van der Waals surface area contributed by atoms with Crippen LogP contribution in [0, 0.1) is 11.7 Å². The van der Waals surface area contributed by atoms with E-state index in [1.165, 1.54) is 6.07 Å². The Morgan fingerprint density at radius 3 is 2.58 bits per heavy atom. The van der Waals surface area contributed by atoms with Crippen molar-refractivity contribution in [1.82, 2.24) is 4.90 Å². The highest BCUT2D eigenvalue weighted by atomic mass is 32.1. The number of aryl methyl sites for hydroxylation is 1. The van der Waals surface area contributed by atoms with Crippen LogP contribution in [-0.2, 0) is 6.42 Å². The summed E-state index contributed by atoms with van der Waals surface area (Å²) < 4.78 is 18.4. The van der Waals surface area contributed by atoms with Crippen molar-refractivity contribution in [2.45, 2.75) is 25.7 Å². The smallest absolute Gasteiger partial charge is 0.173 e. The lowest BCUT2D eigenvalue weighted by atomic mass is 9.90. The molecule has 2 aromatic rings. The second kappa shape index (κ2) is 8.99. The van der Waals surface area contributed by atoms with Crippen molar-refractivity contribution < 1.29 is 9.13 Å². The average molecular weight is 373 g/mol. The van der Waals surface area contributed by atoms with Crippen molar-refractivity contribution in [3.63, 3.8) is 0 Å². The normalized spacial score (nSPS) is 14.9. The third-order valence-electron chi connectivity index (χ3n) is 4.97. The zero-order chi connectivity index (χ0) is 18.4. The Morgan fingerprint density at radius 2 is 1.92 bits per heavy atom. The molecule has 0 spiro atoms. The van der Waals surface area contributed by atoms with Crippen LogP contribution >= 0.6 is 12.2 Å². The van der Waals surface area contributed by atoms with E-state index in [1.807, 2.05) is 30.3 Å². The van der Waals surface area contributed by atoms with Crippen LogP contribution in [0.2, 0.25) is 0 Å². The molecule has 0 atom stereocenters. The van der Waals surface area contributed by atoms with E-state index in [-0.39, 0.29) is 5.82 Å². The molecule has 2 aromatic carbocycles. The molecule has 0 saturated carbocycles. The highest BCUT2D eigenvalue weighted by molar-refractivity contribution is 7.80. The number of anilines is 1. The van der Waals surface area contributed by atoms with Gasteiger partial charge < -0.3 is 15.0 Å². The number of hydrogen-bond donors (Lipinski definition) is 1. The maximum absolute atomic E-state index is 13.3. The summed E-state index contributed by atoms with van der Waals surface area (Å²) in [6, 6.07) is 14.7. The molecule has 0 bridgehead atoms. The molecule has 0 amide bonds. The van der Waals surface area contributed by atoms with Gasteiger partial charge in [-0.3, -0.25) is 0 Å². The molecule has 0 aromatic heterocycles. The number of thiocarbonyl (C=S) groups is 1. The van der Waals surface area contributed by atoms with Crippen LogP contribution in [0.3, 0.4) is 0 Å². The Morgan fingerprint density at radius 1 is 1.19 bits per heavy atom. The van der Waals surface area contributed by atoms with Crippen LogP contribution in [0.25, 0.3) is 0 Å². The molecule has 1 saturated heterocycles. The fraction of sp³-hybridized carbons (Fsp3) is 0.381. The first-order chi connectivity index (χ1) is 12.6. The van der Waals surface area contributed by atoms with E-state index in [4.69, 9.17) is 17.0 Å². The minimum absolute atomic E-state index is 0.146. The van der Waals surface area contributed by atoms with Gasteiger partial charge in [-0.2, -0.15) is 0 Å². The maximum Gasteiger partial charge on any atom is 0.173 e. The first-order valence-electron chi connectivity index (χ1n) is 9.08. The lowest BCUT2D eigenvalue weighted by Crippen LogP contribution is -2.40. The van der Waals surface area contributed by atoms with Gasteiger partial charge in [0.2, 0.25) is 0 Å². The first kappa shape index (κ1) is 18.6. The Hall–Kier alpha value is -2.14. The molecule has 1 N–H and O–H groups in total. The van der Waals surface area contributed by atoms with E-state index in [0.717, 1.165) is 60.9 Å². The van der Waals surface area contributed by atoms with Crippen molar-refractivity contribution in [3.8, 4) is 5.75 Å². The number of rotatable bonds is 5. The highest BCUT2D eigenvalue weighted by Gasteiger charge is 2.20. The minimum atomic E-state index is -0.146. The second-order valence-electron chi connectivity index (χ2n) is 6.76. The zero-order valence-electron chi connectivity index (χ0n) is 15.1. The van der Waals surface area contributed by atoms with E-state index in [2.05, 4.69) is 10.2 Å². The molecule has 3 nitrogen and oxygen atoms in total. The van der Waals surface area contributed by atoms with E-state index < -0.39 is 0 Å². The molecule has 0 unspecified atom stereocenters. The number of ether oxygens (including phenoxy) is 1. The Labute approximate surface area is 160 Å². The summed E-state index contributed by atoms with van der Waals surface area (Å²) in [5, 5.41) is 4.08. The van der Waals surface area contributed by atoms with E-state index >= 15 is 0 Å². The van der Waals surface area contributed by atoms with Crippen molar-refractivity contribution >= 4 is 23.0 Å². The lowest BCUT2D eigenvalue weighted by molar-refractivity contribution is 0.259. The van der Waals surface area contributed by atoms with Crippen LogP contribution in [0.5, 0.6) is 5.75 Å². The van der Waals surface area contributed by atoms with Crippen molar-refractivity contribution in [3.05, 3.63) is 59.9 Å². The number of halogens is 1. The summed E-state index contributed by atoms with van der Waals surface area (Å²) in [6.07, 6.45) is 4.30. The first-order valence-corrected chi connectivity index (χ1v) is 9.49. The van der Waals surface area contributed by atoms with Crippen LogP contribution in [0.15, 0.2) is 48.5 Å². The van der Waals surface area contributed by atoms with Gasteiger partial charge in [-0.1, -0.05) is 12.1 Å². The number of methoxy groups -OCH3 is 1. The summed E-state index contributed by atoms with van der Waals surface area (Å²) in [7, 11) is 1.66. The van der Waals surface area contributed by atoms with Gasteiger partial charge >= 0.3 is 0 Å². The van der Waals surface area contributed by atoms with E-state index in [0.29, 0.717) is 5.92 Å². The van der Waals surface area contributed by atoms with Gasteiger partial charge in [-0.05, 0) is 85.8 Å². The summed E-state index contributed by atoms with van der Waals surface area (Å²) in [4.78, 5) is 2.23. The van der Waals surface area contributed by atoms with Gasteiger partial charge in [0.1, 0.15) is 11.6 Å². The number of nitrogens with zero attached hydrogens (tertiary/aromatic N) is 1. The minimum Gasteiger partial charge on any atom is -0.497 e. The number of nitrogens with one attached hydrogen (secondary N) is 1. The van der Waals surface area contributed by atoms with Crippen LogP contribution < -0.4 is 10.1 Å². The van der Waals surface area contributed by atoms with E-state index in [1.54, 1.807) is 19.2 Å². The van der Waals surface area contributed by atoms with Gasteiger partial charge in [0, 0.05) is 18.8 Å². The summed E-state index contributed by atoms with van der Waals surface area (Å²) >= 11 is 5.55. The third kappa shape index (κ3) is 5.18. The van der Waals surface area contributed by atoms with Crippen molar-refractivity contribution in [2.24, 2.45) is 5.92 Å². The molecule has 5 heteroatoms. The third-order valence-corrected chi connectivity index (χ3v) is 5.33. The molecule has 3 rings (SSSR count). The lowest BCUT2D eigenvalue weighted by Gasteiger charge is -2.34. The monoisotopic (exact) mass is 372 g/mol. The zero-order valence-corrected chi connectivity index (χ0v) is 15.9. The molecule has 1 fully saturated rings. The fourth-order valence-electron chi connectivity index (χ4n) is 3.36. The SMILES string of the molecule is COc1ccc(NC(=S)N2CCC(CCc3cccc(F)c3)CC2)cc1. The van der Waals surface area contributed by atoms with E-state index in [9.17, 15) is 4.39 Å². The summed E-state index contributed by atoms with van der Waals surface area (Å²) in [6.45, 7) is 1.94. The molecule has 0 radical (unpaired) electrons. The standard InChI is InChI=1S/C21H25FN2OS/c1-25-20-9-7-19(8-10-20)23-21(26)24-13-11-16(12-14-24)5-6-17-3-2-4-18(22)15-17/h2-4,7-10,15-16H,5-6,11-14H2,1H3,(H,23,26). The molecule has 26 heavy (non-hydrogen) atoms. The topological polar surface area (TPSA) is 24.5 Å². The number of piperidine rings is 1. The quantitative estimate of drug-likeness (QED) is 0.757. The van der Waals surface area contributed by atoms with Gasteiger partial charge in [-0.15, -0.1) is 0 Å². The molecular weight excluding hydrogens is 347 g/mol. The molecule has 1 heterocycles. The van der Waals surface area contributed by atoms with Crippen molar-refractivity contribution in [2.75, 3.05) is 25.5 Å². The predicted octanol–water partition coefficient (Wildman–Crippen LogP) is 4.88. The van der Waals surface area contributed by atoms with Crippen molar-refractivity contribution in [1.29, 1.82) is 0 Å². The van der Waals surface area contributed by atoms with Gasteiger partial charge in [0.05, 0.1) is 7.11 Å². The van der Waals surface area contributed by atoms with Gasteiger partial charge in [-0.25, -0.2) is 4.39 Å². The molecule has 138 valence electrons. The molecule has 0 aliphatic carbocycles. The Balaban J connectivity index is 1.43. The van der Waals surface area contributed by atoms with Crippen LogP contribution in [0.4, 0.5) is 10.1 Å². The maximum atomic E-state index is 13.3. The Bertz CT molecular complexity index is 727. The van der Waals surface area contributed by atoms with Crippen LogP contribution in [-0.4, -0.2) is 30.2 Å². The average Bonchev–Trinajstić information content (AvgIpc) is 2.67. The summed E-state index contributed by atoms with van der Waals surface area (Å²) in [5.74, 6) is 1.37. The highest BCUT2D eigenvalue weighted by Crippen LogP contribution is 2.23. The predicted molar refractivity (Wildman–Crippen MR) is 108 cm³/mol. The Kier molecular flexibility index (Phi) is 6.45. The number of hydrogen-bond acceptors (Lipinski definition) is 2. The van der Waals surface area contributed by atoms with Crippen LogP contribution in [0.1, 0.15) is 24.8 Å². The second-order valence-corrected chi connectivity index (χ2v) is 7.14. The molecule has 1 aliphatic heterocycles. The largest absolute Gasteiger partial charge is 0.497 e.